The number of para-hydroxylation sites is 2. The van der Waals surface area contributed by atoms with Crippen LogP contribution in [0.1, 0.15) is 10.4 Å². The molecule has 3 aromatic carbocycles. The van der Waals surface area contributed by atoms with Crippen molar-refractivity contribution in [2.75, 3.05) is 11.1 Å². The van der Waals surface area contributed by atoms with Crippen molar-refractivity contribution in [2.45, 2.75) is 13.5 Å². The van der Waals surface area contributed by atoms with E-state index in [-0.39, 0.29) is 11.4 Å². The number of aryl methyl sites for hydroxylation is 1. The lowest BCUT2D eigenvalue weighted by atomic mass is 10.2. The first kappa shape index (κ1) is 20.8. The van der Waals surface area contributed by atoms with Crippen molar-refractivity contribution in [3.8, 4) is 17.2 Å². The molecule has 0 radical (unpaired) electrons. The van der Waals surface area contributed by atoms with Gasteiger partial charge in [-0.15, -0.1) is 11.3 Å². The fraction of sp³-hybridized carbons (Fsp3) is 0.0769. The number of rotatable bonds is 6. The molecule has 5 aromatic rings. The summed E-state index contributed by atoms with van der Waals surface area (Å²) in [7, 11) is 0. The number of benzene rings is 3. The molecule has 2 heterocycles. The maximum Gasteiger partial charge on any atom is 0.298 e. The highest BCUT2D eigenvalue weighted by Gasteiger charge is 2.15. The predicted octanol–water partition coefficient (Wildman–Crippen LogP) is 5.74. The quantitative estimate of drug-likeness (QED) is 0.342. The van der Waals surface area contributed by atoms with E-state index in [1.807, 2.05) is 91.9 Å². The lowest BCUT2D eigenvalue weighted by Crippen LogP contribution is -2.22. The topological polar surface area (TPSA) is 82.2 Å². The largest absolute Gasteiger partial charge is 0.457 e. The minimum atomic E-state index is -0.350. The number of ether oxygens (including phenoxy) is 1. The van der Waals surface area contributed by atoms with E-state index in [2.05, 4.69) is 10.3 Å². The van der Waals surface area contributed by atoms with Crippen LogP contribution >= 0.6 is 11.3 Å². The molecule has 0 fully saturated rings. The zero-order chi connectivity index (χ0) is 22.8. The number of aromatic nitrogens is 2. The molecular weight excluding hydrogens is 432 g/mol. The average molecular weight is 455 g/mol. The number of fused-ring (bicyclic) bond motifs is 1. The summed E-state index contributed by atoms with van der Waals surface area (Å²) in [5.41, 5.74) is 9.05. The summed E-state index contributed by atoms with van der Waals surface area (Å²) in [6.07, 6.45) is 0. The molecule has 0 saturated heterocycles. The smallest absolute Gasteiger partial charge is 0.298 e. The van der Waals surface area contributed by atoms with Gasteiger partial charge in [0.1, 0.15) is 16.3 Å². The normalized spacial score (nSPS) is 10.9. The van der Waals surface area contributed by atoms with E-state index in [4.69, 9.17) is 10.5 Å². The highest BCUT2D eigenvalue weighted by molar-refractivity contribution is 7.18. The van der Waals surface area contributed by atoms with Crippen molar-refractivity contribution in [1.82, 2.24) is 9.55 Å². The summed E-state index contributed by atoms with van der Waals surface area (Å²) in [5, 5.41) is 3.40. The number of hydrogen-bond acceptors (Lipinski definition) is 6. The molecule has 7 heteroatoms. The second-order valence-corrected chi connectivity index (χ2v) is 8.74. The fourth-order valence-corrected chi connectivity index (χ4v) is 4.55. The first-order valence-electron chi connectivity index (χ1n) is 10.5. The van der Waals surface area contributed by atoms with Crippen molar-refractivity contribution >= 4 is 33.2 Å². The predicted molar refractivity (Wildman–Crippen MR) is 135 cm³/mol. The fourth-order valence-electron chi connectivity index (χ4n) is 3.58. The Morgan fingerprint density at radius 2 is 1.73 bits per heavy atom. The summed E-state index contributed by atoms with van der Waals surface area (Å²) in [6, 6.07) is 27.2. The Morgan fingerprint density at radius 3 is 2.48 bits per heavy atom. The van der Waals surface area contributed by atoms with E-state index in [9.17, 15) is 4.79 Å². The number of thiophene rings is 1. The molecule has 2 aromatic heterocycles. The van der Waals surface area contributed by atoms with Crippen LogP contribution in [0.5, 0.6) is 11.5 Å². The van der Waals surface area contributed by atoms with Crippen molar-refractivity contribution < 1.29 is 4.74 Å². The van der Waals surface area contributed by atoms with E-state index in [0.717, 1.165) is 27.4 Å². The Kier molecular flexibility index (Phi) is 5.54. The number of nitrogens with one attached hydrogen (secondary N) is 1. The number of nitrogen functional groups attached to an aromatic ring is 1. The van der Waals surface area contributed by atoms with Crippen molar-refractivity contribution in [1.29, 1.82) is 0 Å². The SMILES string of the molecule is Cc1ccc(-n2c(=O)c(N)nc3sc(CNc4ccccc4)cc32)cc1Oc1ccccc1. The molecule has 0 unspecified atom stereocenters. The van der Waals surface area contributed by atoms with Crippen LogP contribution in [0.4, 0.5) is 11.5 Å². The lowest BCUT2D eigenvalue weighted by Gasteiger charge is -2.13. The van der Waals surface area contributed by atoms with Gasteiger partial charge in [-0.2, -0.15) is 0 Å². The molecule has 0 bridgehead atoms. The van der Waals surface area contributed by atoms with Crippen molar-refractivity contribution in [3.05, 3.63) is 106 Å². The average Bonchev–Trinajstić information content (AvgIpc) is 3.23. The lowest BCUT2D eigenvalue weighted by molar-refractivity contribution is 0.478. The Labute approximate surface area is 194 Å². The van der Waals surface area contributed by atoms with Gasteiger partial charge >= 0.3 is 0 Å². The highest BCUT2D eigenvalue weighted by atomic mass is 32.1. The maximum absolute atomic E-state index is 13.0. The van der Waals surface area contributed by atoms with Crippen LogP contribution in [-0.2, 0) is 6.54 Å². The van der Waals surface area contributed by atoms with Gasteiger partial charge in [-0.3, -0.25) is 9.36 Å². The van der Waals surface area contributed by atoms with Gasteiger partial charge in [0.05, 0.1) is 11.2 Å². The molecule has 0 aliphatic heterocycles. The Morgan fingerprint density at radius 1 is 1.00 bits per heavy atom. The van der Waals surface area contributed by atoms with Crippen LogP contribution in [0, 0.1) is 6.92 Å². The standard InChI is InChI=1S/C26H22N4O2S/c1-17-12-13-19(14-23(17)32-20-10-6-3-7-11-20)30-22-15-21(16-28-18-8-4-2-5-9-18)33-25(22)29-24(27)26(30)31/h2-15,28H,16H2,1H3,(H2,27,29). The van der Waals surface area contributed by atoms with Gasteiger partial charge in [0, 0.05) is 23.2 Å². The van der Waals surface area contributed by atoms with E-state index in [1.165, 1.54) is 11.3 Å². The van der Waals surface area contributed by atoms with Crippen LogP contribution in [0.15, 0.2) is 89.7 Å². The second kappa shape index (κ2) is 8.80. The molecule has 0 aliphatic rings. The molecule has 0 amide bonds. The second-order valence-electron chi connectivity index (χ2n) is 7.63. The molecule has 3 N–H and O–H groups in total. The van der Waals surface area contributed by atoms with Gasteiger partial charge in [-0.05, 0) is 48.9 Å². The van der Waals surface area contributed by atoms with E-state index >= 15 is 0 Å². The van der Waals surface area contributed by atoms with E-state index in [1.54, 1.807) is 4.57 Å². The summed E-state index contributed by atoms with van der Waals surface area (Å²) < 4.78 is 7.69. The molecule has 33 heavy (non-hydrogen) atoms. The van der Waals surface area contributed by atoms with Crippen LogP contribution < -0.4 is 21.3 Å². The molecule has 0 spiro atoms. The zero-order valence-corrected chi connectivity index (χ0v) is 18.8. The molecule has 6 nitrogen and oxygen atoms in total. The van der Waals surface area contributed by atoms with Gasteiger partial charge in [-0.25, -0.2) is 4.98 Å². The summed E-state index contributed by atoms with van der Waals surface area (Å²) >= 11 is 1.51. The third-order valence-electron chi connectivity index (χ3n) is 5.27. The Balaban J connectivity index is 1.54. The van der Waals surface area contributed by atoms with Crippen molar-refractivity contribution in [3.63, 3.8) is 0 Å². The van der Waals surface area contributed by atoms with Crippen LogP contribution in [0.2, 0.25) is 0 Å². The van der Waals surface area contributed by atoms with Crippen LogP contribution in [0.3, 0.4) is 0 Å². The first-order chi connectivity index (χ1) is 16.1. The minimum absolute atomic E-state index is 0.0296. The molecule has 0 saturated carbocycles. The highest BCUT2D eigenvalue weighted by Crippen LogP contribution is 2.30. The first-order valence-corrected chi connectivity index (χ1v) is 11.3. The third-order valence-corrected chi connectivity index (χ3v) is 6.29. The third kappa shape index (κ3) is 4.31. The monoisotopic (exact) mass is 454 g/mol. The van der Waals surface area contributed by atoms with E-state index in [0.29, 0.717) is 22.8 Å². The molecule has 164 valence electrons. The summed E-state index contributed by atoms with van der Waals surface area (Å²) in [6.45, 7) is 2.59. The van der Waals surface area contributed by atoms with Gasteiger partial charge in [0.2, 0.25) is 0 Å². The Bertz CT molecular complexity index is 1480. The molecular formula is C26H22N4O2S. The van der Waals surface area contributed by atoms with Crippen LogP contribution in [0.25, 0.3) is 16.0 Å². The minimum Gasteiger partial charge on any atom is -0.457 e. The van der Waals surface area contributed by atoms with Gasteiger partial charge < -0.3 is 15.8 Å². The number of hydrogen-bond donors (Lipinski definition) is 2. The molecule has 0 aliphatic carbocycles. The van der Waals surface area contributed by atoms with Gasteiger partial charge in [0.25, 0.3) is 5.56 Å². The Hall–Kier alpha value is -4.10. The number of anilines is 2. The summed E-state index contributed by atoms with van der Waals surface area (Å²) in [4.78, 5) is 19.2. The molecule has 0 atom stereocenters. The summed E-state index contributed by atoms with van der Waals surface area (Å²) in [5.74, 6) is 1.38. The zero-order valence-electron chi connectivity index (χ0n) is 18.0. The number of nitrogens with zero attached hydrogens (tertiary/aromatic N) is 2. The van der Waals surface area contributed by atoms with Gasteiger partial charge in [0.15, 0.2) is 5.82 Å². The van der Waals surface area contributed by atoms with Gasteiger partial charge in [-0.1, -0.05) is 42.5 Å². The molecule has 5 rings (SSSR count). The van der Waals surface area contributed by atoms with Crippen LogP contribution in [-0.4, -0.2) is 9.55 Å². The maximum atomic E-state index is 13.0. The van der Waals surface area contributed by atoms with E-state index < -0.39 is 0 Å². The number of nitrogens with two attached hydrogens (primary N) is 1. The van der Waals surface area contributed by atoms with Crippen molar-refractivity contribution in [2.24, 2.45) is 0 Å².